The Morgan fingerprint density at radius 1 is 1.25 bits per heavy atom. The minimum Gasteiger partial charge on any atom is -0.491 e. The molecule has 0 heterocycles. The average Bonchev–Trinajstić information content (AvgIpc) is 2.21. The van der Waals surface area contributed by atoms with E-state index in [4.69, 9.17) is 5.73 Å². The fraction of sp³-hybridized carbons (Fsp3) is 0.455. The molecule has 1 aliphatic rings. The quantitative estimate of drug-likeness (QED) is 0.793. The Morgan fingerprint density at radius 3 is 2.31 bits per heavy atom. The van der Waals surface area contributed by atoms with Crippen molar-refractivity contribution in [2.24, 2.45) is 5.73 Å². The molecule has 5 heteroatoms. The molecule has 16 heavy (non-hydrogen) atoms. The standard InChI is InChI=1S/C11H12F3NO/c1-16-10-8(13)6(5-7(12)9(10)14)11(15)3-2-4-11/h5H,2-4,15H2,1H3. The molecule has 1 aliphatic carbocycles. The number of benzene rings is 1. The van der Waals surface area contributed by atoms with Crippen LogP contribution in [0.4, 0.5) is 13.2 Å². The first-order valence-corrected chi connectivity index (χ1v) is 5.00. The fourth-order valence-electron chi connectivity index (χ4n) is 1.95. The van der Waals surface area contributed by atoms with E-state index in [1.54, 1.807) is 0 Å². The average molecular weight is 231 g/mol. The zero-order valence-electron chi connectivity index (χ0n) is 8.82. The number of methoxy groups -OCH3 is 1. The Kier molecular flexibility index (Phi) is 2.58. The first-order valence-electron chi connectivity index (χ1n) is 5.00. The molecule has 0 bridgehead atoms. The summed E-state index contributed by atoms with van der Waals surface area (Å²) in [5.74, 6) is -4.05. The summed E-state index contributed by atoms with van der Waals surface area (Å²) in [7, 11) is 1.09. The second-order valence-electron chi connectivity index (χ2n) is 4.08. The molecule has 1 aromatic rings. The van der Waals surface area contributed by atoms with Gasteiger partial charge in [0.25, 0.3) is 0 Å². The monoisotopic (exact) mass is 231 g/mol. The smallest absolute Gasteiger partial charge is 0.203 e. The number of hydrogen-bond donors (Lipinski definition) is 1. The van der Waals surface area contributed by atoms with Crippen molar-refractivity contribution < 1.29 is 17.9 Å². The summed E-state index contributed by atoms with van der Waals surface area (Å²) in [6.45, 7) is 0. The van der Waals surface area contributed by atoms with Gasteiger partial charge in [-0.25, -0.2) is 8.78 Å². The topological polar surface area (TPSA) is 35.2 Å². The van der Waals surface area contributed by atoms with Crippen LogP contribution in [0.3, 0.4) is 0 Å². The summed E-state index contributed by atoms with van der Waals surface area (Å²) < 4.78 is 44.7. The minimum atomic E-state index is -1.31. The third-order valence-corrected chi connectivity index (χ3v) is 3.10. The molecule has 88 valence electrons. The van der Waals surface area contributed by atoms with E-state index in [0.717, 1.165) is 19.6 Å². The van der Waals surface area contributed by atoms with Gasteiger partial charge in [0, 0.05) is 11.1 Å². The maximum atomic E-state index is 13.8. The molecular weight excluding hydrogens is 219 g/mol. The van der Waals surface area contributed by atoms with Gasteiger partial charge in [0.2, 0.25) is 5.82 Å². The zero-order valence-corrected chi connectivity index (χ0v) is 8.82. The lowest BCUT2D eigenvalue weighted by atomic mass is 9.72. The van der Waals surface area contributed by atoms with Crippen molar-refractivity contribution in [3.8, 4) is 5.75 Å². The Labute approximate surface area is 91.2 Å². The predicted molar refractivity (Wildman–Crippen MR) is 52.6 cm³/mol. The Bertz CT molecular complexity index is 430. The lowest BCUT2D eigenvalue weighted by Crippen LogP contribution is -2.44. The van der Waals surface area contributed by atoms with E-state index in [9.17, 15) is 13.2 Å². The van der Waals surface area contributed by atoms with Crippen LogP contribution >= 0.6 is 0 Å². The highest BCUT2D eigenvalue weighted by atomic mass is 19.2. The molecule has 0 unspecified atom stereocenters. The molecule has 2 N–H and O–H groups in total. The van der Waals surface area contributed by atoms with Crippen LogP contribution in [-0.2, 0) is 5.54 Å². The van der Waals surface area contributed by atoms with Crippen molar-refractivity contribution in [3.63, 3.8) is 0 Å². The highest BCUT2D eigenvalue weighted by Gasteiger charge is 2.39. The molecule has 0 aliphatic heterocycles. The molecule has 1 fully saturated rings. The molecule has 0 saturated heterocycles. The largest absolute Gasteiger partial charge is 0.491 e. The normalized spacial score (nSPS) is 18.1. The molecule has 0 radical (unpaired) electrons. The second-order valence-corrected chi connectivity index (χ2v) is 4.08. The van der Waals surface area contributed by atoms with Crippen LogP contribution in [-0.4, -0.2) is 7.11 Å². The maximum Gasteiger partial charge on any atom is 0.203 e. The molecule has 1 saturated carbocycles. The number of hydrogen-bond acceptors (Lipinski definition) is 2. The molecule has 2 rings (SSSR count). The summed E-state index contributed by atoms with van der Waals surface area (Å²) >= 11 is 0. The summed E-state index contributed by atoms with van der Waals surface area (Å²) in [4.78, 5) is 0. The SMILES string of the molecule is COc1c(F)c(F)cc(C2(N)CCC2)c1F. The molecule has 1 aromatic carbocycles. The number of halogens is 3. The number of nitrogens with two attached hydrogens (primary N) is 1. The summed E-state index contributed by atoms with van der Waals surface area (Å²) in [6, 6.07) is 0.826. The van der Waals surface area contributed by atoms with Crippen molar-refractivity contribution in [3.05, 3.63) is 29.1 Å². The fourth-order valence-corrected chi connectivity index (χ4v) is 1.95. The first kappa shape index (κ1) is 11.3. The number of rotatable bonds is 2. The van der Waals surface area contributed by atoms with Gasteiger partial charge >= 0.3 is 0 Å². The molecule has 0 atom stereocenters. The summed E-state index contributed by atoms with van der Waals surface area (Å²) in [5, 5.41) is 0. The summed E-state index contributed by atoms with van der Waals surface area (Å²) in [5.41, 5.74) is 4.99. The van der Waals surface area contributed by atoms with Gasteiger partial charge in [-0.3, -0.25) is 0 Å². The van der Waals surface area contributed by atoms with Gasteiger partial charge in [0.1, 0.15) is 0 Å². The van der Waals surface area contributed by atoms with Crippen LogP contribution in [0.25, 0.3) is 0 Å². The lowest BCUT2D eigenvalue weighted by Gasteiger charge is -2.38. The van der Waals surface area contributed by atoms with Gasteiger partial charge in [-0.05, 0) is 25.3 Å². The summed E-state index contributed by atoms with van der Waals surface area (Å²) in [6.07, 6.45) is 1.99. The van der Waals surface area contributed by atoms with Crippen molar-refractivity contribution in [1.82, 2.24) is 0 Å². The van der Waals surface area contributed by atoms with Crippen molar-refractivity contribution in [2.75, 3.05) is 7.11 Å². The van der Waals surface area contributed by atoms with Crippen molar-refractivity contribution >= 4 is 0 Å². The van der Waals surface area contributed by atoms with Gasteiger partial charge in [-0.1, -0.05) is 0 Å². The van der Waals surface area contributed by atoms with Crippen molar-refractivity contribution in [2.45, 2.75) is 24.8 Å². The third kappa shape index (κ3) is 1.46. The van der Waals surface area contributed by atoms with Gasteiger partial charge in [-0.15, -0.1) is 0 Å². The Morgan fingerprint density at radius 2 is 1.88 bits per heavy atom. The number of ether oxygens (including phenoxy) is 1. The van der Waals surface area contributed by atoms with Crippen molar-refractivity contribution in [1.29, 1.82) is 0 Å². The van der Waals surface area contributed by atoms with Gasteiger partial charge in [-0.2, -0.15) is 4.39 Å². The van der Waals surface area contributed by atoms with E-state index in [1.807, 2.05) is 0 Å². The zero-order chi connectivity index (χ0) is 11.9. The Hall–Kier alpha value is -1.23. The molecule has 0 spiro atoms. The van der Waals surface area contributed by atoms with E-state index >= 15 is 0 Å². The first-order chi connectivity index (χ1) is 7.49. The van der Waals surface area contributed by atoms with Crippen LogP contribution in [0.15, 0.2) is 6.07 Å². The lowest BCUT2D eigenvalue weighted by molar-refractivity contribution is 0.238. The molecule has 2 nitrogen and oxygen atoms in total. The van der Waals surface area contributed by atoms with Crippen LogP contribution in [0, 0.1) is 17.5 Å². The van der Waals surface area contributed by atoms with Crippen LogP contribution in [0.5, 0.6) is 5.75 Å². The van der Waals surface area contributed by atoms with Crippen LogP contribution in [0.2, 0.25) is 0 Å². The van der Waals surface area contributed by atoms with E-state index in [0.29, 0.717) is 12.8 Å². The van der Waals surface area contributed by atoms with E-state index in [2.05, 4.69) is 4.74 Å². The minimum absolute atomic E-state index is 0.00509. The second kappa shape index (κ2) is 3.66. The molecular formula is C11H12F3NO. The highest BCUT2D eigenvalue weighted by Crippen LogP contribution is 2.42. The van der Waals surface area contributed by atoms with Gasteiger partial charge in [0.15, 0.2) is 17.4 Å². The third-order valence-electron chi connectivity index (χ3n) is 3.10. The maximum absolute atomic E-state index is 13.8. The Balaban J connectivity index is 2.58. The van der Waals surface area contributed by atoms with Gasteiger partial charge in [0.05, 0.1) is 7.11 Å². The van der Waals surface area contributed by atoms with E-state index in [1.165, 1.54) is 0 Å². The molecule has 0 amide bonds. The molecule has 0 aromatic heterocycles. The van der Waals surface area contributed by atoms with E-state index < -0.39 is 28.7 Å². The van der Waals surface area contributed by atoms with Crippen LogP contribution < -0.4 is 10.5 Å². The predicted octanol–water partition coefficient (Wildman–Crippen LogP) is 2.45. The van der Waals surface area contributed by atoms with Crippen LogP contribution in [0.1, 0.15) is 24.8 Å². The highest BCUT2D eigenvalue weighted by molar-refractivity contribution is 5.38. The van der Waals surface area contributed by atoms with E-state index in [-0.39, 0.29) is 5.56 Å². The van der Waals surface area contributed by atoms with Gasteiger partial charge < -0.3 is 10.5 Å².